The number of methoxy groups -OCH3 is 2. The fraction of sp³-hybridized carbons (Fsp3) is 0.333. The molecule has 242 valence electrons. The molecule has 13 heteroatoms. The number of hydrogen-bond acceptors (Lipinski definition) is 10. The number of aliphatic hydroxyl groups excluding tert-OH is 1. The zero-order chi connectivity index (χ0) is 32.6. The zero-order valence-electron chi connectivity index (χ0n) is 25.9. The van der Waals surface area contributed by atoms with E-state index in [0.717, 1.165) is 17.5 Å². The molecule has 11 nitrogen and oxygen atoms in total. The summed E-state index contributed by atoms with van der Waals surface area (Å²) in [5.41, 5.74) is 4.77. The number of carbonyl (C=O) groups is 1. The van der Waals surface area contributed by atoms with Crippen LogP contribution in [0.3, 0.4) is 0 Å². The number of aliphatic hydroxyl groups is 1. The standard InChI is InChI=1S/C33H37Cl2N7O4/c1-19(43)15-36-16-20-11-13-39-32(31(20)45-2)41-26-6-4-5-24(28(26)34)30-29(35)23(12-14-38-30)25-9-7-21(33(42-25)46-3)17-37-18-22-8-10-27(44)40-22/h4-7,9,11-14,19,22,36-37,43H,8,10,15-18H2,1-3H3,(H,39,41)(H,40,44)/t19-,22+/m0/s1. The molecule has 0 radical (unpaired) electrons. The zero-order valence-corrected chi connectivity index (χ0v) is 27.4. The van der Waals surface area contributed by atoms with Crippen molar-refractivity contribution in [1.29, 1.82) is 0 Å². The summed E-state index contributed by atoms with van der Waals surface area (Å²) in [6, 6.07) is 13.2. The number of pyridine rings is 3. The lowest BCUT2D eigenvalue weighted by Crippen LogP contribution is -2.35. The summed E-state index contributed by atoms with van der Waals surface area (Å²) in [5.74, 6) is 1.62. The highest BCUT2D eigenvalue weighted by Gasteiger charge is 2.21. The smallest absolute Gasteiger partial charge is 0.220 e. The van der Waals surface area contributed by atoms with Crippen LogP contribution in [0.15, 0.2) is 54.9 Å². The van der Waals surface area contributed by atoms with Crippen molar-refractivity contribution >= 4 is 40.6 Å². The van der Waals surface area contributed by atoms with E-state index in [1.807, 2.05) is 36.4 Å². The van der Waals surface area contributed by atoms with Gasteiger partial charge in [-0.15, -0.1) is 0 Å². The molecule has 4 heterocycles. The van der Waals surface area contributed by atoms with Gasteiger partial charge in [-0.2, -0.15) is 0 Å². The fourth-order valence-electron chi connectivity index (χ4n) is 5.27. The molecule has 2 atom stereocenters. The highest BCUT2D eigenvalue weighted by Crippen LogP contribution is 2.41. The van der Waals surface area contributed by atoms with Crippen LogP contribution in [0, 0.1) is 0 Å². The number of hydrogen-bond donors (Lipinski definition) is 5. The van der Waals surface area contributed by atoms with Gasteiger partial charge in [-0.25, -0.2) is 9.97 Å². The van der Waals surface area contributed by atoms with E-state index in [4.69, 9.17) is 37.7 Å². The highest BCUT2D eigenvalue weighted by molar-refractivity contribution is 6.39. The number of aromatic nitrogens is 3. The second-order valence-electron chi connectivity index (χ2n) is 10.9. The van der Waals surface area contributed by atoms with Crippen LogP contribution in [0.25, 0.3) is 22.5 Å². The minimum absolute atomic E-state index is 0.0917. The van der Waals surface area contributed by atoms with E-state index in [9.17, 15) is 9.90 Å². The molecule has 0 bridgehead atoms. The van der Waals surface area contributed by atoms with Crippen molar-refractivity contribution in [2.45, 2.75) is 45.0 Å². The van der Waals surface area contributed by atoms with E-state index < -0.39 is 6.10 Å². The maximum atomic E-state index is 11.5. The van der Waals surface area contributed by atoms with E-state index in [1.54, 1.807) is 39.6 Å². The van der Waals surface area contributed by atoms with Gasteiger partial charge < -0.3 is 35.8 Å². The van der Waals surface area contributed by atoms with Crippen LogP contribution in [-0.2, 0) is 17.9 Å². The van der Waals surface area contributed by atoms with Gasteiger partial charge >= 0.3 is 0 Å². The van der Waals surface area contributed by atoms with Gasteiger partial charge in [0.25, 0.3) is 0 Å². The molecule has 0 unspecified atom stereocenters. The maximum absolute atomic E-state index is 11.5. The third-order valence-electron chi connectivity index (χ3n) is 7.54. The molecular weight excluding hydrogens is 629 g/mol. The number of nitrogens with zero attached hydrogens (tertiary/aromatic N) is 3. The second-order valence-corrected chi connectivity index (χ2v) is 11.7. The number of rotatable bonds is 14. The van der Waals surface area contributed by atoms with Crippen molar-refractivity contribution in [2.24, 2.45) is 0 Å². The predicted octanol–water partition coefficient (Wildman–Crippen LogP) is 5.11. The van der Waals surface area contributed by atoms with Gasteiger partial charge in [-0.1, -0.05) is 41.4 Å². The first-order valence-electron chi connectivity index (χ1n) is 14.9. The van der Waals surface area contributed by atoms with Gasteiger partial charge in [-0.05, 0) is 37.6 Å². The molecule has 1 aromatic carbocycles. The predicted molar refractivity (Wildman–Crippen MR) is 180 cm³/mol. The molecule has 0 aliphatic carbocycles. The molecule has 1 aliphatic rings. The molecule has 1 fully saturated rings. The first-order valence-corrected chi connectivity index (χ1v) is 15.7. The van der Waals surface area contributed by atoms with E-state index >= 15 is 0 Å². The van der Waals surface area contributed by atoms with Crippen molar-refractivity contribution in [3.05, 3.63) is 76.0 Å². The van der Waals surface area contributed by atoms with Gasteiger partial charge in [0.15, 0.2) is 11.6 Å². The van der Waals surface area contributed by atoms with Crippen molar-refractivity contribution < 1.29 is 19.4 Å². The number of ether oxygens (including phenoxy) is 2. The number of carbonyl (C=O) groups excluding carboxylic acids is 1. The summed E-state index contributed by atoms with van der Waals surface area (Å²) in [4.78, 5) is 25.3. The van der Waals surface area contributed by atoms with Gasteiger partial charge in [0.2, 0.25) is 11.8 Å². The van der Waals surface area contributed by atoms with Crippen molar-refractivity contribution in [3.63, 3.8) is 0 Å². The van der Waals surface area contributed by atoms with E-state index in [0.29, 0.717) is 88.3 Å². The Morgan fingerprint density at radius 3 is 2.52 bits per heavy atom. The van der Waals surface area contributed by atoms with Gasteiger partial charge in [0.1, 0.15) is 0 Å². The van der Waals surface area contributed by atoms with Crippen LogP contribution < -0.4 is 30.7 Å². The number of halogens is 2. The minimum Gasteiger partial charge on any atom is -0.493 e. The SMILES string of the molecule is COc1nc(-c2ccnc(-c3cccc(Nc4nccc(CNC[C@H](C)O)c4OC)c3Cl)c2Cl)ccc1CNC[C@H]1CCC(=O)N1. The second kappa shape index (κ2) is 15.5. The largest absolute Gasteiger partial charge is 0.493 e. The average molecular weight is 667 g/mol. The Morgan fingerprint density at radius 1 is 0.978 bits per heavy atom. The number of nitrogens with one attached hydrogen (secondary N) is 4. The van der Waals surface area contributed by atoms with Crippen molar-refractivity contribution in [1.82, 2.24) is 30.9 Å². The molecule has 1 saturated heterocycles. The van der Waals surface area contributed by atoms with E-state index in [1.165, 1.54) is 0 Å². The normalized spacial score (nSPS) is 15.0. The van der Waals surface area contributed by atoms with Crippen LogP contribution in [0.5, 0.6) is 11.6 Å². The minimum atomic E-state index is -0.468. The molecule has 5 rings (SSSR count). The Bertz CT molecular complexity index is 1690. The van der Waals surface area contributed by atoms with Crippen LogP contribution in [0.1, 0.15) is 30.9 Å². The average Bonchev–Trinajstić information content (AvgIpc) is 3.47. The fourth-order valence-corrected chi connectivity index (χ4v) is 5.84. The topological polar surface area (TPSA) is 143 Å². The molecular formula is C33H37Cl2N7O4. The Balaban J connectivity index is 1.37. The van der Waals surface area contributed by atoms with E-state index in [2.05, 4.69) is 31.2 Å². The van der Waals surface area contributed by atoms with Gasteiger partial charge in [0, 0.05) is 73.3 Å². The number of amides is 1. The quantitative estimate of drug-likeness (QED) is 0.123. The summed E-state index contributed by atoms with van der Waals surface area (Å²) in [6.45, 7) is 3.86. The number of anilines is 2. The Morgan fingerprint density at radius 2 is 1.78 bits per heavy atom. The molecule has 0 saturated carbocycles. The molecule has 4 aromatic rings. The van der Waals surface area contributed by atoms with Crippen molar-refractivity contribution in [2.75, 3.05) is 32.6 Å². The molecule has 1 amide bonds. The third-order valence-corrected chi connectivity index (χ3v) is 8.33. The Kier molecular flexibility index (Phi) is 11.3. The van der Waals surface area contributed by atoms with Gasteiger partial charge in [0.05, 0.1) is 47.4 Å². The molecule has 5 N–H and O–H groups in total. The lowest BCUT2D eigenvalue weighted by Gasteiger charge is -2.17. The van der Waals surface area contributed by atoms with Crippen LogP contribution >= 0.6 is 23.2 Å². The third kappa shape index (κ3) is 7.86. The summed E-state index contributed by atoms with van der Waals surface area (Å²) in [7, 11) is 3.16. The maximum Gasteiger partial charge on any atom is 0.220 e. The van der Waals surface area contributed by atoms with Crippen LogP contribution in [0.2, 0.25) is 10.0 Å². The molecule has 46 heavy (non-hydrogen) atoms. The summed E-state index contributed by atoms with van der Waals surface area (Å²) >= 11 is 13.9. The summed E-state index contributed by atoms with van der Waals surface area (Å²) in [5, 5.41) is 23.2. The van der Waals surface area contributed by atoms with Gasteiger partial charge in [-0.3, -0.25) is 9.78 Å². The van der Waals surface area contributed by atoms with E-state index in [-0.39, 0.29) is 11.9 Å². The first-order chi connectivity index (χ1) is 22.3. The Labute approximate surface area is 278 Å². The van der Waals surface area contributed by atoms with Crippen molar-refractivity contribution in [3.8, 4) is 34.1 Å². The molecule has 3 aromatic heterocycles. The number of benzene rings is 1. The first kappa shape index (κ1) is 33.4. The molecule has 1 aliphatic heterocycles. The summed E-state index contributed by atoms with van der Waals surface area (Å²) in [6.07, 6.45) is 4.27. The Hall–Kier alpha value is -4.00. The highest BCUT2D eigenvalue weighted by atomic mass is 35.5. The summed E-state index contributed by atoms with van der Waals surface area (Å²) < 4.78 is 11.3. The monoisotopic (exact) mass is 665 g/mol. The van der Waals surface area contributed by atoms with Crippen LogP contribution in [0.4, 0.5) is 11.5 Å². The lowest BCUT2D eigenvalue weighted by atomic mass is 10.1. The lowest BCUT2D eigenvalue weighted by molar-refractivity contribution is -0.119. The van der Waals surface area contributed by atoms with Crippen LogP contribution in [-0.4, -0.2) is 65.4 Å². The molecule has 0 spiro atoms.